The number of amides is 1. The Morgan fingerprint density at radius 1 is 1.07 bits per heavy atom. The Balaban J connectivity index is 2.00. The van der Waals surface area contributed by atoms with Crippen molar-refractivity contribution in [1.82, 2.24) is 5.32 Å². The third-order valence-corrected chi connectivity index (χ3v) is 5.41. The highest BCUT2D eigenvalue weighted by molar-refractivity contribution is 7.90. The van der Waals surface area contributed by atoms with Crippen molar-refractivity contribution in [3.8, 4) is 0 Å². The molecule has 7 nitrogen and oxygen atoms in total. The summed E-state index contributed by atoms with van der Waals surface area (Å²) in [7, 11) is -3.49. The molecule has 29 heavy (non-hydrogen) atoms. The van der Waals surface area contributed by atoms with Gasteiger partial charge in [-0.1, -0.05) is 36.4 Å². The first-order chi connectivity index (χ1) is 13.6. The Morgan fingerprint density at radius 2 is 1.72 bits per heavy atom. The second-order valence-corrected chi connectivity index (χ2v) is 8.76. The molecular formula is C21H23NO6S. The van der Waals surface area contributed by atoms with Gasteiger partial charge >= 0.3 is 5.97 Å². The average molecular weight is 417 g/mol. The highest BCUT2D eigenvalue weighted by Gasteiger charge is 2.20. The number of ether oxygens (including phenoxy) is 1. The molecule has 0 unspecified atom stereocenters. The summed E-state index contributed by atoms with van der Waals surface area (Å²) in [5, 5.41) is 2.56. The highest BCUT2D eigenvalue weighted by atomic mass is 32.2. The lowest BCUT2D eigenvalue weighted by atomic mass is 10.0. The molecule has 1 amide bonds. The molecule has 154 valence electrons. The lowest BCUT2D eigenvalue weighted by Crippen LogP contribution is -2.43. The van der Waals surface area contributed by atoms with Crippen molar-refractivity contribution in [2.45, 2.75) is 31.2 Å². The Kier molecular flexibility index (Phi) is 7.28. The van der Waals surface area contributed by atoms with Crippen LogP contribution in [0.5, 0.6) is 0 Å². The second-order valence-electron chi connectivity index (χ2n) is 6.75. The van der Waals surface area contributed by atoms with E-state index in [-0.39, 0.29) is 16.2 Å². The summed E-state index contributed by atoms with van der Waals surface area (Å²) in [4.78, 5) is 36.3. The first kappa shape index (κ1) is 22.3. The van der Waals surface area contributed by atoms with E-state index in [4.69, 9.17) is 4.74 Å². The summed E-state index contributed by atoms with van der Waals surface area (Å²) in [5.74, 6) is -1.65. The number of nitrogens with one attached hydrogen (secondary N) is 1. The quantitative estimate of drug-likeness (QED) is 0.657. The number of Topliss-reactive ketones (excluding diaryl/α,β-unsaturated/α-hetero) is 1. The van der Waals surface area contributed by atoms with Crippen LogP contribution in [0.2, 0.25) is 0 Å². The Morgan fingerprint density at radius 3 is 2.31 bits per heavy atom. The van der Waals surface area contributed by atoms with Gasteiger partial charge in [0.25, 0.3) is 5.91 Å². The highest BCUT2D eigenvalue weighted by Crippen LogP contribution is 2.16. The second kappa shape index (κ2) is 9.47. The first-order valence-corrected chi connectivity index (χ1v) is 10.8. The summed E-state index contributed by atoms with van der Waals surface area (Å²) in [6.07, 6.45) is 1.36. The van der Waals surface area contributed by atoms with E-state index < -0.39 is 34.4 Å². The zero-order valence-electron chi connectivity index (χ0n) is 16.5. The van der Waals surface area contributed by atoms with E-state index >= 15 is 0 Å². The topological polar surface area (TPSA) is 107 Å². The third-order valence-electron chi connectivity index (χ3n) is 4.30. The van der Waals surface area contributed by atoms with Gasteiger partial charge in [-0.15, -0.1) is 0 Å². The predicted molar refractivity (Wildman–Crippen MR) is 107 cm³/mol. The van der Waals surface area contributed by atoms with Crippen molar-refractivity contribution in [2.75, 3.05) is 12.9 Å². The fraction of sp³-hybridized carbons (Fsp3) is 0.286. The molecule has 2 aromatic carbocycles. The number of ketones is 1. The normalized spacial score (nSPS) is 12.1. The maximum absolute atomic E-state index is 12.3. The Bertz CT molecular complexity index is 1010. The van der Waals surface area contributed by atoms with Crippen LogP contribution in [0.15, 0.2) is 53.4 Å². The van der Waals surface area contributed by atoms with Crippen molar-refractivity contribution in [1.29, 1.82) is 0 Å². The Labute approximate surface area is 170 Å². The van der Waals surface area contributed by atoms with Gasteiger partial charge in [0.2, 0.25) is 0 Å². The standard InChI is InChI=1S/C21H23NO6S/c1-14-9-10-17(29(3,26)27)12-18(14)21(25)28-13-20(24)22-19(15(2)23)11-16-7-5-4-6-8-16/h4-10,12,19H,11,13H2,1-3H3,(H,22,24)/t19-/m1/s1. The van der Waals surface area contributed by atoms with Gasteiger partial charge in [-0.3, -0.25) is 9.59 Å². The van der Waals surface area contributed by atoms with E-state index in [0.717, 1.165) is 11.8 Å². The van der Waals surface area contributed by atoms with Gasteiger partial charge in [0.15, 0.2) is 22.2 Å². The molecule has 2 rings (SSSR count). The van der Waals surface area contributed by atoms with Crippen molar-refractivity contribution < 1.29 is 27.5 Å². The van der Waals surface area contributed by atoms with Crippen LogP contribution in [-0.2, 0) is 30.6 Å². The van der Waals surface area contributed by atoms with Gasteiger partial charge in [-0.2, -0.15) is 0 Å². The molecule has 0 aliphatic carbocycles. The molecule has 0 spiro atoms. The molecule has 0 saturated carbocycles. The molecule has 1 N–H and O–H groups in total. The Hall–Kier alpha value is -3.00. The van der Waals surface area contributed by atoms with E-state index in [1.165, 1.54) is 25.1 Å². The lowest BCUT2D eigenvalue weighted by Gasteiger charge is -2.16. The fourth-order valence-corrected chi connectivity index (χ4v) is 3.29. The first-order valence-electron chi connectivity index (χ1n) is 8.89. The molecule has 0 heterocycles. The third kappa shape index (κ3) is 6.53. The van der Waals surface area contributed by atoms with Gasteiger partial charge < -0.3 is 10.1 Å². The SMILES string of the molecule is CC(=O)[C@@H](Cc1ccccc1)NC(=O)COC(=O)c1cc(S(C)(=O)=O)ccc1C. The van der Waals surface area contributed by atoms with Crippen LogP contribution in [0.3, 0.4) is 0 Å². The molecule has 0 bridgehead atoms. The van der Waals surface area contributed by atoms with Crippen LogP contribution in [-0.4, -0.2) is 45.0 Å². The minimum atomic E-state index is -3.49. The van der Waals surface area contributed by atoms with Crippen LogP contribution in [0.1, 0.15) is 28.4 Å². The van der Waals surface area contributed by atoms with E-state index in [2.05, 4.69) is 5.32 Å². The molecule has 0 fully saturated rings. The van der Waals surface area contributed by atoms with E-state index in [1.807, 2.05) is 30.3 Å². The van der Waals surface area contributed by atoms with Crippen molar-refractivity contribution in [3.05, 3.63) is 65.2 Å². The fourth-order valence-electron chi connectivity index (χ4n) is 2.64. The number of aryl methyl sites for hydroxylation is 1. The number of rotatable bonds is 8. The van der Waals surface area contributed by atoms with Crippen LogP contribution >= 0.6 is 0 Å². The van der Waals surface area contributed by atoms with Gasteiger partial charge in [-0.05, 0) is 43.5 Å². The molecule has 0 aliphatic rings. The smallest absolute Gasteiger partial charge is 0.338 e. The van der Waals surface area contributed by atoms with E-state index in [1.54, 1.807) is 6.92 Å². The molecule has 8 heteroatoms. The number of carbonyl (C=O) groups excluding carboxylic acids is 3. The van der Waals surface area contributed by atoms with Crippen LogP contribution in [0.25, 0.3) is 0 Å². The van der Waals surface area contributed by atoms with Gasteiger partial charge in [0.1, 0.15) is 0 Å². The van der Waals surface area contributed by atoms with Crippen molar-refractivity contribution >= 4 is 27.5 Å². The number of benzene rings is 2. The number of hydrogen-bond acceptors (Lipinski definition) is 6. The van der Waals surface area contributed by atoms with Gasteiger partial charge in [0.05, 0.1) is 16.5 Å². The van der Waals surface area contributed by atoms with Crippen LogP contribution in [0.4, 0.5) is 0 Å². The number of hydrogen-bond donors (Lipinski definition) is 1. The predicted octanol–water partition coefficient (Wildman–Crippen LogP) is 1.87. The van der Waals surface area contributed by atoms with Gasteiger partial charge in [0, 0.05) is 6.26 Å². The van der Waals surface area contributed by atoms with Crippen LogP contribution in [0, 0.1) is 6.92 Å². The van der Waals surface area contributed by atoms with Gasteiger partial charge in [-0.25, -0.2) is 13.2 Å². The number of esters is 1. The maximum atomic E-state index is 12.3. The van der Waals surface area contributed by atoms with E-state index in [9.17, 15) is 22.8 Å². The molecule has 2 aromatic rings. The summed E-state index contributed by atoms with van der Waals surface area (Å²) < 4.78 is 28.4. The molecule has 0 saturated heterocycles. The lowest BCUT2D eigenvalue weighted by molar-refractivity contribution is -0.128. The van der Waals surface area contributed by atoms with Crippen molar-refractivity contribution in [3.63, 3.8) is 0 Å². The minimum absolute atomic E-state index is 0.0148. The molecule has 0 radical (unpaired) electrons. The average Bonchev–Trinajstić information content (AvgIpc) is 2.65. The number of sulfone groups is 1. The largest absolute Gasteiger partial charge is 0.452 e. The summed E-state index contributed by atoms with van der Waals surface area (Å²) in [6, 6.07) is 12.6. The summed E-state index contributed by atoms with van der Waals surface area (Å²) in [6.45, 7) is 2.42. The maximum Gasteiger partial charge on any atom is 0.338 e. The summed E-state index contributed by atoms with van der Waals surface area (Å²) >= 11 is 0. The van der Waals surface area contributed by atoms with Crippen LogP contribution < -0.4 is 5.32 Å². The molecular weight excluding hydrogens is 394 g/mol. The zero-order chi connectivity index (χ0) is 21.6. The number of carbonyl (C=O) groups is 3. The molecule has 1 atom stereocenters. The summed E-state index contributed by atoms with van der Waals surface area (Å²) in [5.41, 5.74) is 1.47. The van der Waals surface area contributed by atoms with E-state index in [0.29, 0.717) is 12.0 Å². The molecule has 0 aliphatic heterocycles. The monoisotopic (exact) mass is 417 g/mol. The zero-order valence-corrected chi connectivity index (χ0v) is 17.3. The van der Waals surface area contributed by atoms with Crippen molar-refractivity contribution in [2.24, 2.45) is 0 Å². The molecule has 0 aromatic heterocycles. The minimum Gasteiger partial charge on any atom is -0.452 e.